The lowest BCUT2D eigenvalue weighted by Gasteiger charge is -2.02. The zero-order valence-corrected chi connectivity index (χ0v) is 8.06. The SMILES string of the molecule is CCCCCCOCC(=O)NC. The first-order valence-corrected chi connectivity index (χ1v) is 4.59. The quantitative estimate of drug-likeness (QED) is 0.590. The number of hydrogen-bond donors (Lipinski definition) is 1. The van der Waals surface area contributed by atoms with Gasteiger partial charge in [0.15, 0.2) is 0 Å². The van der Waals surface area contributed by atoms with Gasteiger partial charge in [-0.1, -0.05) is 26.2 Å². The van der Waals surface area contributed by atoms with Crippen molar-refractivity contribution in [1.82, 2.24) is 5.32 Å². The van der Waals surface area contributed by atoms with Gasteiger partial charge in [-0.15, -0.1) is 0 Å². The summed E-state index contributed by atoms with van der Waals surface area (Å²) in [4.78, 5) is 10.7. The predicted molar refractivity (Wildman–Crippen MR) is 49.0 cm³/mol. The average molecular weight is 173 g/mol. The van der Waals surface area contributed by atoms with E-state index in [-0.39, 0.29) is 12.5 Å². The molecule has 0 spiro atoms. The van der Waals surface area contributed by atoms with Crippen molar-refractivity contribution in [3.8, 4) is 0 Å². The summed E-state index contributed by atoms with van der Waals surface area (Å²) < 4.78 is 5.12. The summed E-state index contributed by atoms with van der Waals surface area (Å²) in [5.41, 5.74) is 0. The smallest absolute Gasteiger partial charge is 0.245 e. The minimum absolute atomic E-state index is 0.0505. The fourth-order valence-electron chi connectivity index (χ4n) is 0.868. The Bertz CT molecular complexity index is 115. The maximum absolute atomic E-state index is 10.7. The molecule has 1 N–H and O–H groups in total. The van der Waals surface area contributed by atoms with Crippen molar-refractivity contribution in [3.63, 3.8) is 0 Å². The first-order chi connectivity index (χ1) is 5.81. The van der Waals surface area contributed by atoms with Gasteiger partial charge in [-0.3, -0.25) is 4.79 Å². The Hall–Kier alpha value is -0.570. The van der Waals surface area contributed by atoms with E-state index in [0.29, 0.717) is 6.61 Å². The topological polar surface area (TPSA) is 38.3 Å². The van der Waals surface area contributed by atoms with Crippen molar-refractivity contribution in [2.24, 2.45) is 0 Å². The standard InChI is InChI=1S/C9H19NO2/c1-3-4-5-6-7-12-8-9(11)10-2/h3-8H2,1-2H3,(H,10,11). The predicted octanol–water partition coefficient (Wildman–Crippen LogP) is 1.33. The number of hydrogen-bond acceptors (Lipinski definition) is 2. The van der Waals surface area contributed by atoms with Crippen LogP contribution in [0.25, 0.3) is 0 Å². The van der Waals surface area contributed by atoms with Crippen LogP contribution in [0.4, 0.5) is 0 Å². The number of ether oxygens (including phenoxy) is 1. The van der Waals surface area contributed by atoms with E-state index >= 15 is 0 Å². The highest BCUT2D eigenvalue weighted by molar-refractivity contribution is 5.76. The molecule has 0 aromatic carbocycles. The Kier molecular flexibility index (Phi) is 8.12. The van der Waals surface area contributed by atoms with Crippen LogP contribution in [-0.2, 0) is 9.53 Å². The summed E-state index contributed by atoms with van der Waals surface area (Å²) in [6, 6.07) is 0. The van der Waals surface area contributed by atoms with Crippen molar-refractivity contribution in [1.29, 1.82) is 0 Å². The summed E-state index contributed by atoms with van der Waals surface area (Å²) in [6.45, 7) is 3.07. The third-order valence-corrected chi connectivity index (χ3v) is 1.65. The normalized spacial score (nSPS) is 9.83. The molecule has 0 heterocycles. The van der Waals surface area contributed by atoms with Crippen LogP contribution in [0.5, 0.6) is 0 Å². The van der Waals surface area contributed by atoms with Gasteiger partial charge in [-0.25, -0.2) is 0 Å². The monoisotopic (exact) mass is 173 g/mol. The second-order valence-corrected chi connectivity index (χ2v) is 2.79. The number of carbonyl (C=O) groups is 1. The molecule has 0 aromatic heterocycles. The minimum atomic E-state index is -0.0505. The third-order valence-electron chi connectivity index (χ3n) is 1.65. The van der Waals surface area contributed by atoms with E-state index in [1.54, 1.807) is 7.05 Å². The molecule has 0 aliphatic rings. The molecule has 72 valence electrons. The van der Waals surface area contributed by atoms with Gasteiger partial charge in [0.25, 0.3) is 0 Å². The Balaban J connectivity index is 2.95. The van der Waals surface area contributed by atoms with E-state index in [4.69, 9.17) is 4.74 Å². The van der Waals surface area contributed by atoms with Gasteiger partial charge in [0.2, 0.25) is 5.91 Å². The highest BCUT2D eigenvalue weighted by atomic mass is 16.5. The second-order valence-electron chi connectivity index (χ2n) is 2.79. The van der Waals surface area contributed by atoms with Gasteiger partial charge in [0, 0.05) is 13.7 Å². The molecule has 3 nitrogen and oxygen atoms in total. The van der Waals surface area contributed by atoms with Crippen LogP contribution in [0.3, 0.4) is 0 Å². The highest BCUT2D eigenvalue weighted by Gasteiger charge is 1.95. The molecule has 0 aromatic rings. The van der Waals surface area contributed by atoms with Crippen molar-refractivity contribution >= 4 is 5.91 Å². The molecule has 0 fully saturated rings. The highest BCUT2D eigenvalue weighted by Crippen LogP contribution is 1.98. The van der Waals surface area contributed by atoms with Crippen LogP contribution in [0, 0.1) is 0 Å². The van der Waals surface area contributed by atoms with E-state index in [9.17, 15) is 4.79 Å². The molecule has 12 heavy (non-hydrogen) atoms. The molecular formula is C9H19NO2. The average Bonchev–Trinajstić information content (AvgIpc) is 2.10. The number of carbonyl (C=O) groups excluding carboxylic acids is 1. The van der Waals surface area contributed by atoms with Gasteiger partial charge < -0.3 is 10.1 Å². The first kappa shape index (κ1) is 11.4. The fraction of sp³-hybridized carbons (Fsp3) is 0.889. The van der Waals surface area contributed by atoms with Crippen molar-refractivity contribution < 1.29 is 9.53 Å². The van der Waals surface area contributed by atoms with Crippen LogP contribution in [-0.4, -0.2) is 26.2 Å². The molecular weight excluding hydrogens is 154 g/mol. The number of nitrogens with one attached hydrogen (secondary N) is 1. The van der Waals surface area contributed by atoms with E-state index in [1.807, 2.05) is 0 Å². The lowest BCUT2D eigenvalue weighted by Crippen LogP contribution is -2.23. The Morgan fingerprint density at radius 1 is 1.33 bits per heavy atom. The molecule has 0 unspecified atom stereocenters. The zero-order chi connectivity index (χ0) is 9.23. The number of rotatable bonds is 7. The zero-order valence-electron chi connectivity index (χ0n) is 8.06. The summed E-state index contributed by atoms with van der Waals surface area (Å²) >= 11 is 0. The van der Waals surface area contributed by atoms with E-state index < -0.39 is 0 Å². The van der Waals surface area contributed by atoms with Crippen molar-refractivity contribution in [2.75, 3.05) is 20.3 Å². The molecule has 3 heteroatoms. The van der Waals surface area contributed by atoms with Crippen LogP contribution in [0.2, 0.25) is 0 Å². The molecule has 0 atom stereocenters. The largest absolute Gasteiger partial charge is 0.372 e. The van der Waals surface area contributed by atoms with Crippen LogP contribution < -0.4 is 5.32 Å². The third kappa shape index (κ3) is 7.54. The lowest BCUT2D eigenvalue weighted by atomic mass is 10.2. The molecule has 0 rings (SSSR count). The van der Waals surface area contributed by atoms with Crippen molar-refractivity contribution in [3.05, 3.63) is 0 Å². The maximum atomic E-state index is 10.7. The van der Waals surface area contributed by atoms with Crippen LogP contribution >= 0.6 is 0 Å². The van der Waals surface area contributed by atoms with Crippen molar-refractivity contribution in [2.45, 2.75) is 32.6 Å². The lowest BCUT2D eigenvalue weighted by molar-refractivity contribution is -0.125. The summed E-state index contributed by atoms with van der Waals surface area (Å²) in [5, 5.41) is 2.50. The molecule has 0 saturated heterocycles. The van der Waals surface area contributed by atoms with Gasteiger partial charge in [-0.05, 0) is 6.42 Å². The first-order valence-electron chi connectivity index (χ1n) is 4.59. The molecule has 0 saturated carbocycles. The summed E-state index contributed by atoms with van der Waals surface area (Å²) in [5.74, 6) is -0.0505. The van der Waals surface area contributed by atoms with E-state index in [1.165, 1.54) is 19.3 Å². The molecule has 0 aliphatic carbocycles. The molecule has 1 amide bonds. The molecule has 0 bridgehead atoms. The summed E-state index contributed by atoms with van der Waals surface area (Å²) in [7, 11) is 1.61. The van der Waals surface area contributed by atoms with E-state index in [2.05, 4.69) is 12.2 Å². The van der Waals surface area contributed by atoms with Crippen LogP contribution in [0.15, 0.2) is 0 Å². The Labute approximate surface area is 74.5 Å². The number of amides is 1. The number of unbranched alkanes of at least 4 members (excludes halogenated alkanes) is 3. The second kappa shape index (κ2) is 8.53. The van der Waals surface area contributed by atoms with Gasteiger partial charge in [0.1, 0.15) is 6.61 Å². The van der Waals surface area contributed by atoms with Gasteiger partial charge in [-0.2, -0.15) is 0 Å². The van der Waals surface area contributed by atoms with Gasteiger partial charge in [0.05, 0.1) is 0 Å². The molecule has 0 aliphatic heterocycles. The number of likely N-dealkylation sites (N-methyl/N-ethyl adjacent to an activating group) is 1. The Morgan fingerprint density at radius 2 is 2.08 bits per heavy atom. The van der Waals surface area contributed by atoms with E-state index in [0.717, 1.165) is 6.42 Å². The minimum Gasteiger partial charge on any atom is -0.372 e. The molecule has 0 radical (unpaired) electrons. The Morgan fingerprint density at radius 3 is 2.67 bits per heavy atom. The maximum Gasteiger partial charge on any atom is 0.245 e. The summed E-state index contributed by atoms with van der Waals surface area (Å²) in [6.07, 6.45) is 4.74. The fourth-order valence-corrected chi connectivity index (χ4v) is 0.868. The van der Waals surface area contributed by atoms with Gasteiger partial charge >= 0.3 is 0 Å². The van der Waals surface area contributed by atoms with Crippen LogP contribution in [0.1, 0.15) is 32.6 Å².